The minimum atomic E-state index is 0.525. The molecule has 0 aliphatic heterocycles. The van der Waals surface area contributed by atoms with Crippen LogP contribution in [0.25, 0.3) is 11.0 Å². The van der Waals surface area contributed by atoms with Gasteiger partial charge in [-0.15, -0.1) is 11.6 Å². The Morgan fingerprint density at radius 2 is 2.10 bits per heavy atom. The highest BCUT2D eigenvalue weighted by Crippen LogP contribution is 2.22. The van der Waals surface area contributed by atoms with Gasteiger partial charge >= 0.3 is 0 Å². The Bertz CT molecular complexity index is 725. The number of hydrogen-bond acceptors (Lipinski definition) is 3. The maximum atomic E-state index is 6.02. The molecule has 0 atom stereocenters. The molecule has 0 spiro atoms. The number of halogens is 2. The summed E-state index contributed by atoms with van der Waals surface area (Å²) in [6, 6.07) is 9.52. The van der Waals surface area contributed by atoms with E-state index in [-0.39, 0.29) is 0 Å². The van der Waals surface area contributed by atoms with Crippen LogP contribution in [0.3, 0.4) is 0 Å². The lowest BCUT2D eigenvalue weighted by molar-refractivity contribution is 0.724. The zero-order chi connectivity index (χ0) is 13.9. The van der Waals surface area contributed by atoms with Crippen molar-refractivity contribution in [3.63, 3.8) is 0 Å². The molecule has 6 heteroatoms. The van der Waals surface area contributed by atoms with Gasteiger partial charge in [0.2, 0.25) is 0 Å². The van der Waals surface area contributed by atoms with Gasteiger partial charge in [-0.3, -0.25) is 0 Å². The summed E-state index contributed by atoms with van der Waals surface area (Å²) in [5.74, 6) is 1.46. The molecule has 0 aliphatic rings. The normalized spacial score (nSPS) is 11.1. The minimum absolute atomic E-state index is 0.525. The van der Waals surface area contributed by atoms with E-state index in [1.807, 2.05) is 30.3 Å². The molecule has 2 aromatic heterocycles. The lowest BCUT2D eigenvalue weighted by atomic mass is 10.3. The number of nitrogens with zero attached hydrogens (tertiary/aromatic N) is 4. The number of fused-ring (bicyclic) bond motifs is 1. The Morgan fingerprint density at radius 3 is 2.85 bits per heavy atom. The second-order valence-corrected chi connectivity index (χ2v) is 5.22. The average molecular weight is 307 g/mol. The molecule has 20 heavy (non-hydrogen) atoms. The van der Waals surface area contributed by atoms with Crippen LogP contribution in [-0.4, -0.2) is 25.6 Å². The molecule has 1 aromatic carbocycles. The van der Waals surface area contributed by atoms with Crippen LogP contribution in [-0.2, 0) is 13.0 Å². The molecule has 0 N–H and O–H groups in total. The Hall–Kier alpha value is -1.65. The average Bonchev–Trinajstić information content (AvgIpc) is 2.77. The lowest BCUT2D eigenvalue weighted by Crippen LogP contribution is -2.07. The molecule has 0 amide bonds. The highest BCUT2D eigenvalue weighted by Gasteiger charge is 2.11. The van der Waals surface area contributed by atoms with Gasteiger partial charge in [-0.1, -0.05) is 11.6 Å². The van der Waals surface area contributed by atoms with Crippen LogP contribution in [0, 0.1) is 0 Å². The number of imidazole rings is 1. The summed E-state index contributed by atoms with van der Waals surface area (Å²) in [6.45, 7) is 0.623. The van der Waals surface area contributed by atoms with E-state index in [0.717, 1.165) is 22.6 Å². The Kier molecular flexibility index (Phi) is 3.85. The smallest absolute Gasteiger partial charge is 0.111 e. The molecule has 2 heterocycles. The predicted molar refractivity (Wildman–Crippen MR) is 80.3 cm³/mol. The van der Waals surface area contributed by atoms with Crippen molar-refractivity contribution in [1.29, 1.82) is 0 Å². The quantitative estimate of drug-likeness (QED) is 0.695. The summed E-state index contributed by atoms with van der Waals surface area (Å²) in [4.78, 5) is 4.61. The summed E-state index contributed by atoms with van der Waals surface area (Å²) < 4.78 is 2.11. The van der Waals surface area contributed by atoms with E-state index >= 15 is 0 Å². The maximum Gasteiger partial charge on any atom is 0.111 e. The fourth-order valence-electron chi connectivity index (χ4n) is 2.18. The molecule has 3 aromatic rings. The first-order valence-corrected chi connectivity index (χ1v) is 7.16. The predicted octanol–water partition coefficient (Wildman–Crippen LogP) is 3.31. The van der Waals surface area contributed by atoms with Crippen LogP contribution < -0.4 is 0 Å². The van der Waals surface area contributed by atoms with Crippen LogP contribution in [0.15, 0.2) is 36.5 Å². The third-order valence-corrected chi connectivity index (χ3v) is 3.48. The van der Waals surface area contributed by atoms with Crippen LogP contribution in [0.2, 0.25) is 5.02 Å². The first-order chi connectivity index (χ1) is 9.78. The van der Waals surface area contributed by atoms with E-state index in [1.54, 1.807) is 6.20 Å². The summed E-state index contributed by atoms with van der Waals surface area (Å²) in [5, 5.41) is 8.71. The highest BCUT2D eigenvalue weighted by atomic mass is 35.5. The third-order valence-electron chi connectivity index (χ3n) is 3.06. The van der Waals surface area contributed by atoms with Crippen molar-refractivity contribution in [3.8, 4) is 0 Å². The van der Waals surface area contributed by atoms with Gasteiger partial charge in [0.25, 0.3) is 0 Å². The molecular formula is C14H12Cl2N4. The summed E-state index contributed by atoms with van der Waals surface area (Å²) in [5.41, 5.74) is 2.79. The Balaban J connectivity index is 2.09. The van der Waals surface area contributed by atoms with Gasteiger partial charge in [0, 0.05) is 23.5 Å². The SMILES string of the molecule is ClCCc1nc2cc(Cl)ccc2n1Cc1cccnn1. The lowest BCUT2D eigenvalue weighted by Gasteiger charge is -2.07. The Labute approximate surface area is 126 Å². The third kappa shape index (κ3) is 2.62. The number of benzene rings is 1. The van der Waals surface area contributed by atoms with Gasteiger partial charge in [-0.05, 0) is 30.3 Å². The van der Waals surface area contributed by atoms with Crippen molar-refractivity contribution in [3.05, 3.63) is 53.1 Å². The van der Waals surface area contributed by atoms with Gasteiger partial charge in [-0.25, -0.2) is 4.98 Å². The second-order valence-electron chi connectivity index (χ2n) is 4.40. The number of aromatic nitrogens is 4. The topological polar surface area (TPSA) is 43.6 Å². The molecule has 0 saturated carbocycles. The molecule has 0 bridgehead atoms. The number of rotatable bonds is 4. The largest absolute Gasteiger partial charge is 0.322 e. The molecule has 0 radical (unpaired) electrons. The first kappa shape index (κ1) is 13.3. The van der Waals surface area contributed by atoms with E-state index in [4.69, 9.17) is 23.2 Å². The monoisotopic (exact) mass is 306 g/mol. The molecule has 3 rings (SSSR count). The fourth-order valence-corrected chi connectivity index (χ4v) is 2.52. The van der Waals surface area contributed by atoms with Crippen molar-refractivity contribution in [2.75, 3.05) is 5.88 Å². The minimum Gasteiger partial charge on any atom is -0.322 e. The molecule has 4 nitrogen and oxygen atoms in total. The van der Waals surface area contributed by atoms with Gasteiger partial charge in [0.1, 0.15) is 5.82 Å². The Morgan fingerprint density at radius 1 is 1.20 bits per heavy atom. The van der Waals surface area contributed by atoms with E-state index in [0.29, 0.717) is 23.9 Å². The molecule has 0 fully saturated rings. The molecule has 0 aliphatic carbocycles. The van der Waals surface area contributed by atoms with E-state index in [2.05, 4.69) is 19.7 Å². The molecule has 0 saturated heterocycles. The molecule has 0 unspecified atom stereocenters. The van der Waals surface area contributed by atoms with Crippen molar-refractivity contribution < 1.29 is 0 Å². The van der Waals surface area contributed by atoms with Gasteiger partial charge < -0.3 is 4.57 Å². The summed E-state index contributed by atoms with van der Waals surface area (Å²) >= 11 is 11.9. The number of hydrogen-bond donors (Lipinski definition) is 0. The van der Waals surface area contributed by atoms with Crippen molar-refractivity contribution in [2.45, 2.75) is 13.0 Å². The maximum absolute atomic E-state index is 6.02. The summed E-state index contributed by atoms with van der Waals surface area (Å²) in [7, 11) is 0. The van der Waals surface area contributed by atoms with Crippen LogP contribution in [0.4, 0.5) is 0 Å². The van der Waals surface area contributed by atoms with Crippen molar-refractivity contribution in [2.24, 2.45) is 0 Å². The van der Waals surface area contributed by atoms with E-state index in [9.17, 15) is 0 Å². The highest BCUT2D eigenvalue weighted by molar-refractivity contribution is 6.31. The number of alkyl halides is 1. The van der Waals surface area contributed by atoms with E-state index in [1.165, 1.54) is 0 Å². The zero-order valence-corrected chi connectivity index (χ0v) is 12.1. The van der Waals surface area contributed by atoms with Crippen molar-refractivity contribution in [1.82, 2.24) is 19.7 Å². The number of aryl methyl sites for hydroxylation is 1. The zero-order valence-electron chi connectivity index (χ0n) is 10.6. The van der Waals surface area contributed by atoms with Crippen molar-refractivity contribution >= 4 is 34.2 Å². The molecular weight excluding hydrogens is 295 g/mol. The van der Waals surface area contributed by atoms with Crippen LogP contribution in [0.1, 0.15) is 11.5 Å². The molecule has 102 valence electrons. The van der Waals surface area contributed by atoms with Crippen LogP contribution in [0.5, 0.6) is 0 Å². The van der Waals surface area contributed by atoms with Gasteiger partial charge in [0.15, 0.2) is 0 Å². The summed E-state index contributed by atoms with van der Waals surface area (Å²) in [6.07, 6.45) is 2.36. The van der Waals surface area contributed by atoms with E-state index < -0.39 is 0 Å². The second kappa shape index (κ2) is 5.77. The van der Waals surface area contributed by atoms with Crippen LogP contribution >= 0.6 is 23.2 Å². The standard InChI is InChI=1S/C14H12Cl2N4/c15-6-5-14-18-12-8-10(16)3-4-13(12)20(14)9-11-2-1-7-17-19-11/h1-4,7-8H,5-6,9H2. The van der Waals surface area contributed by atoms with Gasteiger partial charge in [0.05, 0.1) is 23.3 Å². The van der Waals surface area contributed by atoms with Gasteiger partial charge in [-0.2, -0.15) is 10.2 Å². The first-order valence-electron chi connectivity index (χ1n) is 6.25. The fraction of sp³-hybridized carbons (Fsp3) is 0.214.